The second-order valence-corrected chi connectivity index (χ2v) is 11.0. The van der Waals surface area contributed by atoms with E-state index >= 15 is 0 Å². The zero-order valence-electron chi connectivity index (χ0n) is 22.7. The monoisotopic (exact) mass is 515 g/mol. The van der Waals surface area contributed by atoms with Crippen LogP contribution in [0.2, 0.25) is 0 Å². The van der Waals surface area contributed by atoms with Crippen molar-refractivity contribution in [3.63, 3.8) is 0 Å². The van der Waals surface area contributed by atoms with Gasteiger partial charge in [-0.3, -0.25) is 24.5 Å². The lowest BCUT2D eigenvalue weighted by Gasteiger charge is -2.33. The van der Waals surface area contributed by atoms with E-state index in [0.29, 0.717) is 49.5 Å². The molecule has 1 unspecified atom stereocenters. The van der Waals surface area contributed by atoms with Crippen molar-refractivity contribution < 1.29 is 4.79 Å². The van der Waals surface area contributed by atoms with Gasteiger partial charge in [-0.2, -0.15) is 0 Å². The topological polar surface area (TPSA) is 109 Å². The first-order valence-electron chi connectivity index (χ1n) is 13.8. The molecule has 2 aromatic heterocycles. The number of anilines is 1. The summed E-state index contributed by atoms with van der Waals surface area (Å²) in [7, 11) is 0. The molecule has 10 nitrogen and oxygen atoms in total. The number of hydrogen-bond donors (Lipinski definition) is 1. The van der Waals surface area contributed by atoms with Crippen molar-refractivity contribution in [2.75, 3.05) is 31.1 Å². The van der Waals surface area contributed by atoms with Crippen molar-refractivity contribution in [3.8, 4) is 0 Å². The van der Waals surface area contributed by atoms with Crippen LogP contribution in [0.25, 0.3) is 12.2 Å². The largest absolute Gasteiger partial charge is 0.327 e. The number of guanidine groups is 1. The SMILES string of the molecule is CC(C)=CCn1c(CN2CCCC(N)C2)nc2c1C(=O)N(Cc1nc(C)c3c(n1)=CCCC=3)C1=NCCN12. The molecule has 6 rings (SSSR count). The Balaban J connectivity index is 1.39. The van der Waals surface area contributed by atoms with Gasteiger partial charge >= 0.3 is 0 Å². The highest BCUT2D eigenvalue weighted by Crippen LogP contribution is 2.32. The zero-order chi connectivity index (χ0) is 26.4. The number of likely N-dealkylation sites (tertiary alicyclic amines) is 1. The number of piperidine rings is 1. The molecule has 2 N–H and O–H groups in total. The molecule has 200 valence electrons. The summed E-state index contributed by atoms with van der Waals surface area (Å²) in [5.41, 5.74) is 9.04. The minimum absolute atomic E-state index is 0.0948. The summed E-state index contributed by atoms with van der Waals surface area (Å²) in [4.78, 5) is 39.8. The molecule has 4 aliphatic rings. The van der Waals surface area contributed by atoms with Gasteiger partial charge in [0.05, 0.1) is 25.0 Å². The number of imidazole rings is 1. The third kappa shape index (κ3) is 4.56. The van der Waals surface area contributed by atoms with Gasteiger partial charge in [0, 0.05) is 36.6 Å². The van der Waals surface area contributed by atoms with E-state index < -0.39 is 0 Å². The summed E-state index contributed by atoms with van der Waals surface area (Å²) in [5.74, 6) is 2.80. The summed E-state index contributed by atoms with van der Waals surface area (Å²) in [6.45, 7) is 10.9. The van der Waals surface area contributed by atoms with Gasteiger partial charge in [-0.15, -0.1) is 0 Å². The number of rotatable bonds is 6. The Bertz CT molecular complexity index is 1450. The lowest BCUT2D eigenvalue weighted by atomic mass is 10.1. The van der Waals surface area contributed by atoms with E-state index in [4.69, 9.17) is 25.7 Å². The van der Waals surface area contributed by atoms with E-state index in [9.17, 15) is 4.79 Å². The minimum atomic E-state index is -0.0948. The highest BCUT2D eigenvalue weighted by atomic mass is 16.2. The molecule has 0 aromatic carbocycles. The van der Waals surface area contributed by atoms with Crippen LogP contribution >= 0.6 is 0 Å². The molecule has 3 aliphatic heterocycles. The number of nitrogens with zero attached hydrogens (tertiary/aromatic N) is 8. The van der Waals surface area contributed by atoms with Crippen molar-refractivity contribution in [1.82, 2.24) is 29.3 Å². The molecule has 1 atom stereocenters. The smallest absolute Gasteiger partial charge is 0.281 e. The van der Waals surface area contributed by atoms with E-state index in [2.05, 4.69) is 46.4 Å². The van der Waals surface area contributed by atoms with E-state index in [1.807, 2.05) is 6.92 Å². The second-order valence-electron chi connectivity index (χ2n) is 11.0. The van der Waals surface area contributed by atoms with Crippen LogP contribution < -0.4 is 21.2 Å². The summed E-state index contributed by atoms with van der Waals surface area (Å²) in [6, 6.07) is 0.184. The highest BCUT2D eigenvalue weighted by Gasteiger charge is 2.42. The molecule has 0 radical (unpaired) electrons. The minimum Gasteiger partial charge on any atom is -0.327 e. The molecule has 1 saturated heterocycles. The number of aliphatic imine (C=N–C) groups is 1. The summed E-state index contributed by atoms with van der Waals surface area (Å²) in [6.07, 6.45) is 10.6. The third-order valence-corrected chi connectivity index (χ3v) is 7.74. The number of amides is 1. The number of allylic oxidation sites excluding steroid dienone is 2. The van der Waals surface area contributed by atoms with Crippen LogP contribution in [0.5, 0.6) is 0 Å². The molecular weight excluding hydrogens is 478 g/mol. The first-order chi connectivity index (χ1) is 18.4. The Morgan fingerprint density at radius 3 is 2.79 bits per heavy atom. The molecule has 10 heteroatoms. The number of fused-ring (bicyclic) bond motifs is 4. The molecule has 2 aromatic rings. The number of hydrogen-bond acceptors (Lipinski definition) is 8. The van der Waals surface area contributed by atoms with Gasteiger partial charge in [-0.25, -0.2) is 15.0 Å². The fourth-order valence-corrected chi connectivity index (χ4v) is 5.87. The van der Waals surface area contributed by atoms with Crippen molar-refractivity contribution in [2.24, 2.45) is 10.7 Å². The molecule has 1 aliphatic carbocycles. The van der Waals surface area contributed by atoms with E-state index in [1.54, 1.807) is 4.90 Å². The summed E-state index contributed by atoms with van der Waals surface area (Å²) in [5, 5.41) is 2.07. The number of aromatic nitrogens is 4. The Morgan fingerprint density at radius 2 is 1.97 bits per heavy atom. The fraction of sp³-hybridized carbons (Fsp3) is 0.536. The van der Waals surface area contributed by atoms with E-state index in [0.717, 1.165) is 60.9 Å². The number of nitrogens with two attached hydrogens (primary N) is 1. The predicted molar refractivity (Wildman–Crippen MR) is 148 cm³/mol. The van der Waals surface area contributed by atoms with Crippen LogP contribution in [0, 0.1) is 6.92 Å². The molecule has 5 heterocycles. The van der Waals surface area contributed by atoms with Gasteiger partial charge in [0.1, 0.15) is 11.6 Å². The van der Waals surface area contributed by atoms with Gasteiger partial charge in [0.2, 0.25) is 5.96 Å². The van der Waals surface area contributed by atoms with Crippen LogP contribution in [-0.2, 0) is 19.6 Å². The standard InChI is InChI=1S/C28H37N9O/c1-18(2)10-13-35-24(17-34-12-6-7-20(29)15-34)33-26-25(35)27(38)37(28-30-11-14-36(26)28)16-23-31-19(3)21-8-4-5-9-22(21)32-23/h8-10,20H,4-7,11-17,29H2,1-3H3. The van der Waals surface area contributed by atoms with Crippen molar-refractivity contribution in [2.45, 2.75) is 72.1 Å². The first-order valence-corrected chi connectivity index (χ1v) is 13.8. The molecule has 0 bridgehead atoms. The van der Waals surface area contributed by atoms with Gasteiger partial charge in [0.25, 0.3) is 5.91 Å². The lowest BCUT2D eigenvalue weighted by molar-refractivity contribution is 0.0819. The van der Waals surface area contributed by atoms with Crippen molar-refractivity contribution >= 4 is 29.8 Å². The van der Waals surface area contributed by atoms with Crippen LogP contribution in [-0.4, -0.2) is 73.4 Å². The van der Waals surface area contributed by atoms with Crippen LogP contribution in [0.4, 0.5) is 5.82 Å². The van der Waals surface area contributed by atoms with Crippen LogP contribution in [0.3, 0.4) is 0 Å². The quantitative estimate of drug-likeness (QED) is 0.573. The Hall–Kier alpha value is -3.37. The summed E-state index contributed by atoms with van der Waals surface area (Å²) >= 11 is 0. The summed E-state index contributed by atoms with van der Waals surface area (Å²) < 4.78 is 2.09. The molecular formula is C28H37N9O. The number of aryl methyl sites for hydroxylation is 1. The maximum atomic E-state index is 14.2. The molecule has 38 heavy (non-hydrogen) atoms. The van der Waals surface area contributed by atoms with Crippen molar-refractivity contribution in [3.05, 3.63) is 45.3 Å². The molecule has 0 spiro atoms. The average Bonchev–Trinajstić information content (AvgIpc) is 3.50. The predicted octanol–water partition coefficient (Wildman–Crippen LogP) is 1.06. The first kappa shape index (κ1) is 24.9. The molecule has 1 amide bonds. The zero-order valence-corrected chi connectivity index (χ0v) is 22.7. The van der Waals surface area contributed by atoms with Crippen LogP contribution in [0.1, 0.15) is 67.4 Å². The third-order valence-electron chi connectivity index (χ3n) is 7.74. The van der Waals surface area contributed by atoms with Crippen molar-refractivity contribution in [1.29, 1.82) is 0 Å². The van der Waals surface area contributed by atoms with Gasteiger partial charge in [-0.05, 0) is 53.0 Å². The average molecular weight is 516 g/mol. The van der Waals surface area contributed by atoms with Gasteiger partial charge in [-0.1, -0.05) is 23.8 Å². The normalized spacial score (nSPS) is 20.8. The molecule has 0 saturated carbocycles. The lowest BCUT2D eigenvalue weighted by Crippen LogP contribution is -2.51. The Kier molecular flexibility index (Phi) is 6.61. The van der Waals surface area contributed by atoms with E-state index in [-0.39, 0.29) is 18.5 Å². The maximum Gasteiger partial charge on any atom is 0.281 e. The van der Waals surface area contributed by atoms with Crippen LogP contribution in [0.15, 0.2) is 16.6 Å². The van der Waals surface area contributed by atoms with Gasteiger partial charge in [0.15, 0.2) is 11.5 Å². The van der Waals surface area contributed by atoms with Gasteiger partial charge < -0.3 is 10.3 Å². The second kappa shape index (κ2) is 10.1. The number of carbonyl (C=O) groups excluding carboxylic acids is 1. The Labute approximate surface area is 223 Å². The molecule has 1 fully saturated rings. The Morgan fingerprint density at radius 1 is 1.13 bits per heavy atom. The number of carbonyl (C=O) groups is 1. The highest BCUT2D eigenvalue weighted by molar-refractivity contribution is 6.17. The maximum absolute atomic E-state index is 14.2. The van der Waals surface area contributed by atoms with E-state index in [1.165, 1.54) is 5.57 Å². The fourth-order valence-electron chi connectivity index (χ4n) is 5.87.